The molecule has 1 atom stereocenters. The molecule has 0 spiro atoms. The van der Waals surface area contributed by atoms with Gasteiger partial charge in [-0.1, -0.05) is 5.21 Å². The highest BCUT2D eigenvalue weighted by Gasteiger charge is 2.35. The van der Waals surface area contributed by atoms with Gasteiger partial charge in [-0.3, -0.25) is 9.97 Å². The van der Waals surface area contributed by atoms with Gasteiger partial charge in [0.1, 0.15) is 22.6 Å². The lowest BCUT2D eigenvalue weighted by atomic mass is 9.88. The molecule has 0 amide bonds. The highest BCUT2D eigenvalue weighted by molar-refractivity contribution is 7.14. The van der Waals surface area contributed by atoms with E-state index in [9.17, 15) is 9.50 Å². The summed E-state index contributed by atoms with van der Waals surface area (Å²) in [5.41, 5.74) is 5.28. The molecule has 0 aliphatic carbocycles. The van der Waals surface area contributed by atoms with Crippen molar-refractivity contribution in [2.75, 3.05) is 13.2 Å². The number of halogens is 1. The van der Waals surface area contributed by atoms with Gasteiger partial charge in [0.2, 0.25) is 0 Å². The smallest absolute Gasteiger partial charge is 0.141 e. The first-order valence-corrected chi connectivity index (χ1v) is 13.1. The number of aryl methyl sites for hydroxylation is 2. The number of hydrogen-bond acceptors (Lipinski definition) is 8. The summed E-state index contributed by atoms with van der Waals surface area (Å²) in [6, 6.07) is 5.08. The van der Waals surface area contributed by atoms with Gasteiger partial charge in [-0.05, 0) is 69.3 Å². The second-order valence-corrected chi connectivity index (χ2v) is 10.9. The van der Waals surface area contributed by atoms with E-state index < -0.39 is 5.60 Å². The maximum atomic E-state index is 13.9. The number of aliphatic hydroxyl groups is 1. The molecule has 0 saturated carbocycles. The van der Waals surface area contributed by atoms with Crippen LogP contribution < -0.4 is 0 Å². The molecule has 0 radical (unpaired) electrons. The zero-order valence-electron chi connectivity index (χ0n) is 21.1. The molecular formula is C26H28FN7O2S. The number of pyridine rings is 2. The Labute approximate surface area is 217 Å². The highest BCUT2D eigenvalue weighted by Crippen LogP contribution is 2.44. The third-order valence-electron chi connectivity index (χ3n) is 7.14. The molecular weight excluding hydrogens is 493 g/mol. The predicted octanol–water partition coefficient (Wildman–Crippen LogP) is 4.53. The molecule has 5 aromatic rings. The number of aromatic nitrogens is 7. The van der Waals surface area contributed by atoms with Gasteiger partial charge >= 0.3 is 0 Å². The maximum Gasteiger partial charge on any atom is 0.141 e. The summed E-state index contributed by atoms with van der Waals surface area (Å²) in [6.07, 6.45) is 4.76. The molecule has 1 saturated heterocycles. The van der Waals surface area contributed by atoms with Crippen molar-refractivity contribution in [2.45, 2.75) is 45.3 Å². The monoisotopic (exact) mass is 521 g/mol. The minimum absolute atomic E-state index is 0.184. The van der Waals surface area contributed by atoms with Gasteiger partial charge in [0.05, 0.1) is 45.1 Å². The molecule has 192 valence electrons. The molecule has 1 N–H and O–H groups in total. The molecule has 37 heavy (non-hydrogen) atoms. The number of ether oxygens (including phenoxy) is 1. The Morgan fingerprint density at radius 1 is 1.19 bits per heavy atom. The Kier molecular flexibility index (Phi) is 5.81. The van der Waals surface area contributed by atoms with Crippen LogP contribution in [0.2, 0.25) is 0 Å². The lowest BCUT2D eigenvalue weighted by Crippen LogP contribution is -2.28. The van der Waals surface area contributed by atoms with E-state index in [1.165, 1.54) is 23.8 Å². The van der Waals surface area contributed by atoms with Crippen molar-refractivity contribution in [3.63, 3.8) is 0 Å². The van der Waals surface area contributed by atoms with Crippen LogP contribution in [0.4, 0.5) is 4.39 Å². The first-order valence-electron chi connectivity index (χ1n) is 12.3. The molecule has 0 bridgehead atoms. The highest BCUT2D eigenvalue weighted by atomic mass is 32.1. The fraction of sp³-hybridized carbons (Fsp3) is 0.423. The Balaban J connectivity index is 1.70. The van der Waals surface area contributed by atoms with Crippen molar-refractivity contribution in [1.29, 1.82) is 0 Å². The lowest BCUT2D eigenvalue weighted by Gasteiger charge is -2.32. The van der Waals surface area contributed by atoms with Gasteiger partial charge in [0, 0.05) is 32.0 Å². The third kappa shape index (κ3) is 4.01. The molecule has 5 aromatic heterocycles. The first kappa shape index (κ1) is 24.1. The summed E-state index contributed by atoms with van der Waals surface area (Å²) in [5.74, 6) is -0.196. The van der Waals surface area contributed by atoms with E-state index in [0.717, 1.165) is 56.7 Å². The van der Waals surface area contributed by atoms with E-state index in [4.69, 9.17) is 9.72 Å². The Morgan fingerprint density at radius 3 is 2.62 bits per heavy atom. The van der Waals surface area contributed by atoms with Crippen molar-refractivity contribution in [2.24, 2.45) is 13.0 Å². The summed E-state index contributed by atoms with van der Waals surface area (Å²) in [6.45, 7) is 6.70. The molecule has 6 rings (SSSR count). The van der Waals surface area contributed by atoms with Crippen molar-refractivity contribution in [3.8, 4) is 11.3 Å². The standard InChI is InChI=1S/C26H28FN7O2S/c1-14-21(33(4)32-30-14)16-11-19-20(29-12-16)24-23(25(31-37-24)26(2,3)35)34(19)22(15-7-9-36-10-8-15)18-6-5-17(27)13-28-18/h5-6,11-13,15,22,35H,7-10H2,1-4H3. The maximum absolute atomic E-state index is 13.9. The van der Waals surface area contributed by atoms with Gasteiger partial charge in [-0.25, -0.2) is 9.07 Å². The van der Waals surface area contributed by atoms with Crippen molar-refractivity contribution < 1.29 is 14.2 Å². The van der Waals surface area contributed by atoms with Gasteiger partial charge in [0.15, 0.2) is 0 Å². The van der Waals surface area contributed by atoms with E-state index in [1.807, 2.05) is 20.2 Å². The Morgan fingerprint density at radius 2 is 1.97 bits per heavy atom. The second kappa shape index (κ2) is 8.93. The van der Waals surface area contributed by atoms with Gasteiger partial charge in [0.25, 0.3) is 0 Å². The van der Waals surface area contributed by atoms with Crippen molar-refractivity contribution in [3.05, 3.63) is 53.5 Å². The predicted molar refractivity (Wildman–Crippen MR) is 139 cm³/mol. The van der Waals surface area contributed by atoms with Crippen LogP contribution in [-0.4, -0.2) is 52.2 Å². The van der Waals surface area contributed by atoms with Crippen LogP contribution in [0.5, 0.6) is 0 Å². The van der Waals surface area contributed by atoms with Crippen molar-refractivity contribution in [1.82, 2.24) is 33.9 Å². The topological polar surface area (TPSA) is 104 Å². The summed E-state index contributed by atoms with van der Waals surface area (Å²) < 4.78 is 29.2. The van der Waals surface area contributed by atoms with Crippen LogP contribution in [-0.2, 0) is 17.4 Å². The quantitative estimate of drug-likeness (QED) is 0.362. The number of nitrogens with zero attached hydrogens (tertiary/aromatic N) is 7. The van der Waals surface area contributed by atoms with E-state index in [1.54, 1.807) is 24.6 Å². The van der Waals surface area contributed by atoms with Crippen LogP contribution in [0, 0.1) is 18.7 Å². The van der Waals surface area contributed by atoms with E-state index >= 15 is 0 Å². The van der Waals surface area contributed by atoms with E-state index in [-0.39, 0.29) is 17.8 Å². The van der Waals surface area contributed by atoms with Crippen LogP contribution in [0.15, 0.2) is 30.6 Å². The van der Waals surface area contributed by atoms with Gasteiger partial charge in [-0.2, -0.15) is 4.37 Å². The normalized spacial score (nSPS) is 16.2. The van der Waals surface area contributed by atoms with Crippen LogP contribution in [0.25, 0.3) is 32.5 Å². The fourth-order valence-electron chi connectivity index (χ4n) is 5.45. The molecule has 1 aliphatic rings. The lowest BCUT2D eigenvalue weighted by molar-refractivity contribution is 0.0543. The van der Waals surface area contributed by atoms with Crippen LogP contribution in [0.3, 0.4) is 0 Å². The number of hydrogen-bond donors (Lipinski definition) is 1. The van der Waals surface area contributed by atoms with Crippen molar-refractivity contribution >= 4 is 32.8 Å². The number of fused-ring (bicyclic) bond motifs is 3. The Bertz CT molecular complexity index is 1570. The average molecular weight is 522 g/mol. The SMILES string of the molecule is Cc1nnn(C)c1-c1cnc2c3snc(C(C)(C)O)c3n(C(c3ccc(F)cn3)C3CCOCC3)c2c1. The largest absolute Gasteiger partial charge is 0.384 e. The van der Waals surface area contributed by atoms with E-state index in [0.29, 0.717) is 18.9 Å². The Hall–Kier alpha value is -3.28. The summed E-state index contributed by atoms with van der Waals surface area (Å²) >= 11 is 1.33. The second-order valence-electron chi connectivity index (χ2n) is 10.2. The van der Waals surface area contributed by atoms with E-state index in [2.05, 4.69) is 30.3 Å². The minimum atomic E-state index is -1.17. The molecule has 1 fully saturated rings. The molecule has 0 aromatic carbocycles. The summed E-state index contributed by atoms with van der Waals surface area (Å²) in [4.78, 5) is 9.43. The van der Waals surface area contributed by atoms with Gasteiger partial charge in [-0.15, -0.1) is 5.10 Å². The molecule has 11 heteroatoms. The minimum Gasteiger partial charge on any atom is -0.384 e. The summed E-state index contributed by atoms with van der Waals surface area (Å²) in [7, 11) is 1.86. The van der Waals surface area contributed by atoms with Crippen LogP contribution in [0.1, 0.15) is 49.8 Å². The summed E-state index contributed by atoms with van der Waals surface area (Å²) in [5, 5.41) is 19.5. The molecule has 9 nitrogen and oxygen atoms in total. The fourth-order valence-corrected chi connectivity index (χ4v) is 6.47. The zero-order chi connectivity index (χ0) is 25.9. The third-order valence-corrected chi connectivity index (χ3v) is 7.99. The van der Waals surface area contributed by atoms with Gasteiger partial charge < -0.3 is 14.4 Å². The molecule has 6 heterocycles. The molecule has 1 unspecified atom stereocenters. The molecule has 1 aliphatic heterocycles. The average Bonchev–Trinajstić information content (AvgIpc) is 3.54. The zero-order valence-corrected chi connectivity index (χ0v) is 22.0. The number of rotatable bonds is 5. The first-order chi connectivity index (χ1) is 17.7. The van der Waals surface area contributed by atoms with Crippen LogP contribution >= 0.6 is 11.5 Å².